The molecular weight excluding hydrogens is 330 g/mol. The van der Waals surface area contributed by atoms with Gasteiger partial charge in [-0.15, -0.1) is 0 Å². The number of ether oxygens (including phenoxy) is 3. The van der Waals surface area contributed by atoms with Gasteiger partial charge in [0.1, 0.15) is 17.2 Å². The topological polar surface area (TPSA) is 150 Å². The predicted molar refractivity (Wildman–Crippen MR) is 82.8 cm³/mol. The van der Waals surface area contributed by atoms with E-state index in [-0.39, 0.29) is 11.1 Å². The van der Waals surface area contributed by atoms with Crippen LogP contribution in [0.4, 0.5) is 0 Å². The molecule has 0 radical (unpaired) electrons. The van der Waals surface area contributed by atoms with Crippen LogP contribution in [-0.2, 0) is 28.6 Å². The Morgan fingerprint density at radius 2 is 1.64 bits per heavy atom. The van der Waals surface area contributed by atoms with Crippen LogP contribution in [0.1, 0.15) is 6.42 Å². The summed E-state index contributed by atoms with van der Waals surface area (Å²) in [5.74, 6) is -1.95. The summed E-state index contributed by atoms with van der Waals surface area (Å²) < 4.78 is 13.4. The van der Waals surface area contributed by atoms with Crippen LogP contribution in [0.25, 0.3) is 0 Å². The Morgan fingerprint density at radius 1 is 1.04 bits per heavy atom. The zero-order valence-electron chi connectivity index (χ0n) is 13.8. The highest BCUT2D eigenvalue weighted by molar-refractivity contribution is 6.00. The molecule has 0 fully saturated rings. The first-order valence-electron chi connectivity index (χ1n) is 6.64. The van der Waals surface area contributed by atoms with Crippen LogP contribution >= 0.6 is 0 Å². The molecule has 130 valence electrons. The summed E-state index contributed by atoms with van der Waals surface area (Å²) in [7, 11) is 3.27. The second kappa shape index (κ2) is 10.9. The molecule has 9 nitrogen and oxygen atoms in total. The number of nitrogens with one attached hydrogen (secondary N) is 1. The number of nitriles is 2. The smallest absolute Gasteiger partial charge is 0.348 e. The van der Waals surface area contributed by atoms with Gasteiger partial charge >= 0.3 is 17.9 Å². The van der Waals surface area contributed by atoms with Crippen LogP contribution in [0.2, 0.25) is 0 Å². The summed E-state index contributed by atoms with van der Waals surface area (Å²) in [5.41, 5.74) is -0.899. The van der Waals surface area contributed by atoms with Crippen LogP contribution < -0.4 is 0 Å². The van der Waals surface area contributed by atoms with Crippen molar-refractivity contribution in [3.05, 3.63) is 28.9 Å². The maximum Gasteiger partial charge on any atom is 0.348 e. The number of hydrogen-bond donors (Lipinski definition) is 1. The van der Waals surface area contributed by atoms with Gasteiger partial charge in [0.15, 0.2) is 0 Å². The lowest BCUT2D eigenvalue weighted by atomic mass is 9.93. The number of methoxy groups -OCH3 is 3. The fraction of sp³-hybridized carbons (Fsp3) is 0.312. The Kier molecular flexibility index (Phi) is 9.34. The van der Waals surface area contributed by atoms with Crippen molar-refractivity contribution in [1.29, 1.82) is 15.9 Å². The van der Waals surface area contributed by atoms with Crippen molar-refractivity contribution < 1.29 is 28.6 Å². The molecule has 1 unspecified atom stereocenters. The Bertz CT molecular complexity index is 745. The molecule has 25 heavy (non-hydrogen) atoms. The van der Waals surface area contributed by atoms with Crippen molar-refractivity contribution in [3.63, 3.8) is 0 Å². The molecule has 0 saturated heterocycles. The molecule has 0 aliphatic heterocycles. The van der Waals surface area contributed by atoms with E-state index in [4.69, 9.17) is 10.7 Å². The number of rotatable bonds is 7. The Balaban J connectivity index is 6.27. The minimum atomic E-state index is -1.16. The van der Waals surface area contributed by atoms with Gasteiger partial charge in [0, 0.05) is 0 Å². The van der Waals surface area contributed by atoms with Gasteiger partial charge < -0.3 is 14.2 Å². The zero-order valence-corrected chi connectivity index (χ0v) is 13.8. The molecule has 1 atom stereocenters. The summed E-state index contributed by atoms with van der Waals surface area (Å²) in [5, 5.41) is 25.4. The van der Waals surface area contributed by atoms with Crippen molar-refractivity contribution in [3.8, 4) is 12.1 Å². The summed E-state index contributed by atoms with van der Waals surface area (Å²) in [4.78, 5) is 34.6. The average Bonchev–Trinajstić information content (AvgIpc) is 2.65. The van der Waals surface area contributed by atoms with E-state index in [0.29, 0.717) is 0 Å². The van der Waals surface area contributed by atoms with E-state index in [2.05, 4.69) is 14.2 Å². The molecule has 0 bridgehead atoms. The van der Waals surface area contributed by atoms with Gasteiger partial charge in [-0.25, -0.2) is 9.59 Å². The number of esters is 3. The number of carbonyl (C=O) groups excluding carboxylic acids is 3. The van der Waals surface area contributed by atoms with Crippen LogP contribution in [0.3, 0.4) is 0 Å². The highest BCUT2D eigenvalue weighted by Crippen LogP contribution is 2.21. The summed E-state index contributed by atoms with van der Waals surface area (Å²) in [6.45, 7) is 0. The summed E-state index contributed by atoms with van der Waals surface area (Å²) in [6.07, 6.45) is 1.61. The third-order valence-corrected chi connectivity index (χ3v) is 2.84. The van der Waals surface area contributed by atoms with Gasteiger partial charge in [-0.2, -0.15) is 10.5 Å². The van der Waals surface area contributed by atoms with Gasteiger partial charge in [-0.3, -0.25) is 10.2 Å². The average molecular weight is 345 g/mol. The molecular formula is C16H15N3O6. The van der Waals surface area contributed by atoms with Crippen LogP contribution in [-0.4, -0.2) is 45.1 Å². The Hall–Kier alpha value is -3.68. The van der Waals surface area contributed by atoms with E-state index in [1.165, 1.54) is 0 Å². The molecule has 9 heteroatoms. The number of hydrogen-bond acceptors (Lipinski definition) is 9. The second-order valence-corrected chi connectivity index (χ2v) is 4.30. The highest BCUT2D eigenvalue weighted by Gasteiger charge is 2.21. The van der Waals surface area contributed by atoms with Gasteiger partial charge in [-0.1, -0.05) is 0 Å². The molecule has 0 amide bonds. The maximum atomic E-state index is 11.6. The quantitative estimate of drug-likeness (QED) is 0.176. The van der Waals surface area contributed by atoms with Gasteiger partial charge in [0.05, 0.1) is 39.7 Å². The normalized spacial score (nSPS) is 11.9. The lowest BCUT2D eigenvalue weighted by Gasteiger charge is -2.10. The van der Waals surface area contributed by atoms with E-state index in [1.807, 2.05) is 11.9 Å². The molecule has 0 aromatic heterocycles. The molecule has 0 aliphatic carbocycles. The fourth-order valence-corrected chi connectivity index (χ4v) is 1.57. The Morgan fingerprint density at radius 3 is 2.04 bits per heavy atom. The second-order valence-electron chi connectivity index (χ2n) is 4.30. The first kappa shape index (κ1) is 21.3. The molecule has 0 saturated carbocycles. The molecule has 0 aliphatic rings. The third kappa shape index (κ3) is 6.53. The number of allylic oxidation sites excluding steroid dienone is 2. The molecule has 0 aromatic carbocycles. The van der Waals surface area contributed by atoms with E-state index in [0.717, 1.165) is 33.5 Å². The predicted octanol–water partition coefficient (Wildman–Crippen LogP) is 0.587. The lowest BCUT2D eigenvalue weighted by molar-refractivity contribution is -0.141. The van der Waals surface area contributed by atoms with E-state index in [9.17, 15) is 19.6 Å². The number of nitrogens with zero attached hydrogens (tertiary/aromatic N) is 2. The van der Waals surface area contributed by atoms with Gasteiger partial charge in [-0.05, 0) is 23.6 Å². The summed E-state index contributed by atoms with van der Waals surface area (Å²) in [6, 6.07) is 3.40. The van der Waals surface area contributed by atoms with Crippen LogP contribution in [0, 0.1) is 34.0 Å². The molecule has 0 heterocycles. The lowest BCUT2D eigenvalue weighted by Crippen LogP contribution is -2.13. The highest BCUT2D eigenvalue weighted by atomic mass is 16.5. The zero-order chi connectivity index (χ0) is 19.4. The van der Waals surface area contributed by atoms with Crippen molar-refractivity contribution in [2.24, 2.45) is 5.92 Å². The minimum Gasteiger partial charge on any atom is -0.469 e. The monoisotopic (exact) mass is 345 g/mol. The fourth-order valence-electron chi connectivity index (χ4n) is 1.57. The van der Waals surface area contributed by atoms with E-state index < -0.39 is 35.8 Å². The van der Waals surface area contributed by atoms with Gasteiger partial charge in [0.25, 0.3) is 0 Å². The first-order valence-corrected chi connectivity index (χ1v) is 6.64. The molecule has 1 N–H and O–H groups in total. The van der Waals surface area contributed by atoms with E-state index >= 15 is 0 Å². The first-order chi connectivity index (χ1) is 11.9. The molecule has 0 aromatic rings. The third-order valence-electron chi connectivity index (χ3n) is 2.84. The maximum absolute atomic E-state index is 11.6. The Labute approximate surface area is 143 Å². The standard InChI is InChI=1S/C16H15N3O6/c1-23-14(20)6-11(7-17)10(4-12(8-18)15(21)24-2)5-13(9-19)16(22)25-3/h4-5,11,18H,6H2,1-3H3/b10-4+,13-5+. The number of carbonyl (C=O) groups is 3. The molecule has 0 rings (SSSR count). The SMILES string of the molecule is COC(=O)CC(C#N)C(/C=C(\C#N)C(=O)OC)=C/C(=C=N)C(=O)OC. The molecule has 0 spiro atoms. The minimum absolute atomic E-state index is 0.0602. The van der Waals surface area contributed by atoms with Gasteiger partial charge in [0.2, 0.25) is 0 Å². The largest absolute Gasteiger partial charge is 0.469 e. The summed E-state index contributed by atoms with van der Waals surface area (Å²) >= 11 is 0. The van der Waals surface area contributed by atoms with Crippen LogP contribution in [0.5, 0.6) is 0 Å². The van der Waals surface area contributed by atoms with E-state index in [1.54, 1.807) is 6.07 Å². The van der Waals surface area contributed by atoms with Crippen molar-refractivity contribution in [1.82, 2.24) is 0 Å². The van der Waals surface area contributed by atoms with Crippen molar-refractivity contribution in [2.45, 2.75) is 6.42 Å². The van der Waals surface area contributed by atoms with Crippen LogP contribution in [0.15, 0.2) is 28.9 Å². The van der Waals surface area contributed by atoms with Crippen molar-refractivity contribution >= 4 is 23.8 Å². The van der Waals surface area contributed by atoms with Crippen molar-refractivity contribution in [2.75, 3.05) is 21.3 Å².